The standard InChI is InChI=1S/C10H12FN3O2.C2H6/c11-9-7-8(14(15)16)1-2-10(9)13-5-3-12-4-6-13;1-2/h1-2,7,12H,3-6H2;1-2H3. The summed E-state index contributed by atoms with van der Waals surface area (Å²) in [4.78, 5) is 11.7. The van der Waals surface area contributed by atoms with Gasteiger partial charge in [0.25, 0.3) is 5.69 Å². The zero-order valence-electron chi connectivity index (χ0n) is 10.6. The van der Waals surface area contributed by atoms with Gasteiger partial charge in [-0.1, -0.05) is 13.8 Å². The Kier molecular flexibility index (Phi) is 5.51. The van der Waals surface area contributed by atoms with Gasteiger partial charge < -0.3 is 10.2 Å². The van der Waals surface area contributed by atoms with E-state index in [9.17, 15) is 14.5 Å². The normalized spacial score (nSPS) is 14.7. The third-order valence-electron chi connectivity index (χ3n) is 2.60. The lowest BCUT2D eigenvalue weighted by atomic mass is 10.2. The maximum absolute atomic E-state index is 13.6. The number of anilines is 1. The molecule has 1 aromatic rings. The van der Waals surface area contributed by atoms with Crippen LogP contribution in [0.5, 0.6) is 0 Å². The van der Waals surface area contributed by atoms with Gasteiger partial charge in [0.15, 0.2) is 5.82 Å². The lowest BCUT2D eigenvalue weighted by Crippen LogP contribution is -2.43. The summed E-state index contributed by atoms with van der Waals surface area (Å²) < 4.78 is 13.6. The Morgan fingerprint density at radius 3 is 2.44 bits per heavy atom. The highest BCUT2D eigenvalue weighted by atomic mass is 19.1. The van der Waals surface area contributed by atoms with Crippen LogP contribution in [0.25, 0.3) is 0 Å². The van der Waals surface area contributed by atoms with Crippen LogP contribution in [-0.2, 0) is 0 Å². The van der Waals surface area contributed by atoms with Crippen LogP contribution in [-0.4, -0.2) is 31.1 Å². The van der Waals surface area contributed by atoms with Gasteiger partial charge in [-0.15, -0.1) is 0 Å². The van der Waals surface area contributed by atoms with E-state index in [1.807, 2.05) is 18.7 Å². The number of nitrogens with one attached hydrogen (secondary N) is 1. The highest BCUT2D eigenvalue weighted by Crippen LogP contribution is 2.24. The second-order valence-corrected chi connectivity index (χ2v) is 3.63. The van der Waals surface area contributed by atoms with E-state index in [0.717, 1.165) is 19.2 Å². The number of halogens is 1. The quantitative estimate of drug-likeness (QED) is 0.650. The maximum atomic E-state index is 13.6. The van der Waals surface area contributed by atoms with Crippen molar-refractivity contribution in [3.05, 3.63) is 34.1 Å². The van der Waals surface area contributed by atoms with E-state index < -0.39 is 10.7 Å². The summed E-state index contributed by atoms with van der Waals surface area (Å²) in [5.41, 5.74) is 0.225. The smallest absolute Gasteiger partial charge is 0.272 e. The number of non-ortho nitro benzene ring substituents is 1. The third kappa shape index (κ3) is 3.40. The van der Waals surface area contributed by atoms with Gasteiger partial charge >= 0.3 is 0 Å². The SMILES string of the molecule is CC.O=[N+]([O-])c1ccc(N2CCNCC2)c(F)c1. The molecule has 0 atom stereocenters. The molecule has 0 spiro atoms. The summed E-state index contributed by atoms with van der Waals surface area (Å²) in [5.74, 6) is -0.531. The summed E-state index contributed by atoms with van der Waals surface area (Å²) in [6.07, 6.45) is 0. The summed E-state index contributed by atoms with van der Waals surface area (Å²) >= 11 is 0. The first-order valence-corrected chi connectivity index (χ1v) is 6.08. The molecule has 1 aliphatic rings. The number of benzene rings is 1. The van der Waals surface area contributed by atoms with Gasteiger partial charge in [0.05, 0.1) is 16.7 Å². The highest BCUT2D eigenvalue weighted by molar-refractivity contribution is 5.52. The van der Waals surface area contributed by atoms with Crippen molar-refractivity contribution in [3.8, 4) is 0 Å². The van der Waals surface area contributed by atoms with Crippen LogP contribution in [0.15, 0.2) is 18.2 Å². The Labute approximate surface area is 106 Å². The minimum absolute atomic E-state index is 0.212. The molecule has 1 heterocycles. The van der Waals surface area contributed by atoms with E-state index in [1.165, 1.54) is 12.1 Å². The minimum Gasteiger partial charge on any atom is -0.367 e. The molecule has 5 nitrogen and oxygen atoms in total. The van der Waals surface area contributed by atoms with Crippen LogP contribution in [0, 0.1) is 15.9 Å². The monoisotopic (exact) mass is 255 g/mol. The Balaban J connectivity index is 0.000000771. The molecule has 0 aromatic heterocycles. The van der Waals surface area contributed by atoms with Crippen LogP contribution in [0.1, 0.15) is 13.8 Å². The fraction of sp³-hybridized carbons (Fsp3) is 0.500. The van der Waals surface area contributed by atoms with Gasteiger partial charge in [0.1, 0.15) is 0 Å². The first kappa shape index (κ1) is 14.4. The molecule has 0 saturated carbocycles. The molecule has 0 bridgehead atoms. The van der Waals surface area contributed by atoms with Gasteiger partial charge in [0, 0.05) is 32.2 Å². The van der Waals surface area contributed by atoms with E-state index in [1.54, 1.807) is 0 Å². The van der Waals surface area contributed by atoms with Gasteiger partial charge in [-0.05, 0) is 6.07 Å². The van der Waals surface area contributed by atoms with Crippen molar-refractivity contribution in [2.24, 2.45) is 0 Å². The predicted molar refractivity (Wildman–Crippen MR) is 69.5 cm³/mol. The van der Waals surface area contributed by atoms with Crippen molar-refractivity contribution in [1.82, 2.24) is 5.32 Å². The molecule has 6 heteroatoms. The van der Waals surface area contributed by atoms with Gasteiger partial charge in [0.2, 0.25) is 0 Å². The number of nitro groups is 1. The van der Waals surface area contributed by atoms with E-state index in [0.29, 0.717) is 18.8 Å². The van der Waals surface area contributed by atoms with Crippen molar-refractivity contribution >= 4 is 11.4 Å². The molecule has 1 aromatic carbocycles. The van der Waals surface area contributed by atoms with Crippen molar-refractivity contribution in [2.75, 3.05) is 31.1 Å². The fourth-order valence-electron chi connectivity index (χ4n) is 1.77. The molecule has 0 radical (unpaired) electrons. The van der Waals surface area contributed by atoms with E-state index >= 15 is 0 Å². The Bertz CT molecular complexity index is 406. The summed E-state index contributed by atoms with van der Waals surface area (Å²) in [7, 11) is 0. The van der Waals surface area contributed by atoms with Crippen LogP contribution < -0.4 is 10.2 Å². The summed E-state index contributed by atoms with van der Waals surface area (Å²) in [6, 6.07) is 3.77. The van der Waals surface area contributed by atoms with Crippen molar-refractivity contribution < 1.29 is 9.31 Å². The van der Waals surface area contributed by atoms with Gasteiger partial charge in [-0.25, -0.2) is 4.39 Å². The predicted octanol–water partition coefficient (Wildman–Crippen LogP) is 2.17. The highest BCUT2D eigenvalue weighted by Gasteiger charge is 2.17. The van der Waals surface area contributed by atoms with Crippen molar-refractivity contribution in [2.45, 2.75) is 13.8 Å². The largest absolute Gasteiger partial charge is 0.367 e. The number of hydrogen-bond donors (Lipinski definition) is 1. The molecule has 1 aliphatic heterocycles. The first-order valence-electron chi connectivity index (χ1n) is 6.08. The van der Waals surface area contributed by atoms with Crippen LogP contribution in [0.4, 0.5) is 15.8 Å². The average molecular weight is 255 g/mol. The van der Waals surface area contributed by atoms with Crippen molar-refractivity contribution in [1.29, 1.82) is 0 Å². The first-order chi connectivity index (χ1) is 8.68. The van der Waals surface area contributed by atoms with Crippen molar-refractivity contribution in [3.63, 3.8) is 0 Å². The zero-order valence-corrected chi connectivity index (χ0v) is 10.6. The van der Waals surface area contributed by atoms with Gasteiger partial charge in [-0.3, -0.25) is 10.1 Å². The fourth-order valence-corrected chi connectivity index (χ4v) is 1.77. The molecule has 1 fully saturated rings. The van der Waals surface area contributed by atoms with E-state index in [4.69, 9.17) is 0 Å². The molecule has 100 valence electrons. The number of piperazine rings is 1. The number of rotatable bonds is 2. The second-order valence-electron chi connectivity index (χ2n) is 3.63. The molecule has 18 heavy (non-hydrogen) atoms. The number of hydrogen-bond acceptors (Lipinski definition) is 4. The van der Waals surface area contributed by atoms with Crippen LogP contribution in [0.2, 0.25) is 0 Å². The van der Waals surface area contributed by atoms with E-state index in [-0.39, 0.29) is 5.69 Å². The van der Waals surface area contributed by atoms with E-state index in [2.05, 4.69) is 5.32 Å². The number of nitro benzene ring substituents is 1. The number of nitrogens with zero attached hydrogens (tertiary/aromatic N) is 2. The zero-order chi connectivity index (χ0) is 13.5. The van der Waals surface area contributed by atoms with Gasteiger partial charge in [-0.2, -0.15) is 0 Å². The summed E-state index contributed by atoms with van der Waals surface area (Å²) in [5, 5.41) is 13.6. The summed E-state index contributed by atoms with van der Waals surface area (Å²) in [6.45, 7) is 7.04. The molecule has 0 unspecified atom stereocenters. The Morgan fingerprint density at radius 1 is 1.33 bits per heavy atom. The van der Waals surface area contributed by atoms with Crippen LogP contribution >= 0.6 is 0 Å². The Hall–Kier alpha value is -1.69. The molecular weight excluding hydrogens is 237 g/mol. The molecule has 0 amide bonds. The Morgan fingerprint density at radius 2 is 1.94 bits per heavy atom. The minimum atomic E-state index is -0.593. The molecule has 1 N–H and O–H groups in total. The topological polar surface area (TPSA) is 58.4 Å². The third-order valence-corrected chi connectivity index (χ3v) is 2.60. The molecular formula is C12H18FN3O2. The maximum Gasteiger partial charge on any atom is 0.272 e. The molecule has 0 aliphatic carbocycles. The lowest BCUT2D eigenvalue weighted by Gasteiger charge is -2.29. The molecule has 1 saturated heterocycles. The average Bonchev–Trinajstić information content (AvgIpc) is 2.42. The molecule has 2 rings (SSSR count). The van der Waals surface area contributed by atoms with Crippen LogP contribution in [0.3, 0.4) is 0 Å². The second kappa shape index (κ2) is 6.90. The lowest BCUT2D eigenvalue weighted by molar-refractivity contribution is -0.385.